The Hall–Kier alpha value is -2.34. The van der Waals surface area contributed by atoms with Gasteiger partial charge in [-0.25, -0.2) is 4.79 Å². The maximum absolute atomic E-state index is 11.8. The van der Waals surface area contributed by atoms with Gasteiger partial charge in [0.25, 0.3) is 5.91 Å². The summed E-state index contributed by atoms with van der Waals surface area (Å²) < 4.78 is 10.9. The third kappa shape index (κ3) is 5.41. The van der Waals surface area contributed by atoms with E-state index in [1.807, 2.05) is 24.3 Å². The van der Waals surface area contributed by atoms with Crippen LogP contribution in [0.15, 0.2) is 53.0 Å². The van der Waals surface area contributed by atoms with Gasteiger partial charge in [0.1, 0.15) is 5.75 Å². The second-order valence-corrected chi connectivity index (χ2v) is 5.63. The average molecular weight is 378 g/mol. The van der Waals surface area contributed by atoms with Crippen molar-refractivity contribution in [2.45, 2.75) is 6.54 Å². The number of halogens is 1. The second kappa shape index (κ2) is 8.33. The molecule has 0 spiro atoms. The van der Waals surface area contributed by atoms with Gasteiger partial charge in [-0.1, -0.05) is 28.1 Å². The van der Waals surface area contributed by atoms with E-state index in [-0.39, 0.29) is 12.5 Å². The van der Waals surface area contributed by atoms with Crippen LogP contribution in [0.1, 0.15) is 15.9 Å². The number of amides is 1. The number of rotatable bonds is 6. The van der Waals surface area contributed by atoms with Crippen LogP contribution < -0.4 is 10.1 Å². The molecule has 2 aromatic carbocycles. The topological polar surface area (TPSA) is 64.6 Å². The molecule has 1 N–H and O–H groups in total. The van der Waals surface area contributed by atoms with E-state index in [2.05, 4.69) is 21.2 Å². The van der Waals surface area contributed by atoms with E-state index in [1.165, 1.54) is 0 Å². The van der Waals surface area contributed by atoms with Gasteiger partial charge in [-0.2, -0.15) is 0 Å². The molecule has 2 rings (SSSR count). The molecule has 0 aromatic heterocycles. The lowest BCUT2D eigenvalue weighted by atomic mass is 10.2. The first kappa shape index (κ1) is 17.0. The molecule has 0 bridgehead atoms. The SMILES string of the molecule is COc1ccc(C(=O)OCC(=O)NCc2cccc(Br)c2)cc1. The van der Waals surface area contributed by atoms with Crippen LogP contribution in [-0.4, -0.2) is 25.6 Å². The summed E-state index contributed by atoms with van der Waals surface area (Å²) in [4.78, 5) is 23.5. The van der Waals surface area contributed by atoms with Gasteiger partial charge in [-0.3, -0.25) is 4.79 Å². The molecule has 0 fully saturated rings. The number of methoxy groups -OCH3 is 1. The molecule has 0 heterocycles. The Kier molecular flexibility index (Phi) is 6.17. The first-order valence-electron chi connectivity index (χ1n) is 6.91. The number of hydrogen-bond acceptors (Lipinski definition) is 4. The number of carbonyl (C=O) groups is 2. The number of ether oxygens (including phenoxy) is 2. The monoisotopic (exact) mass is 377 g/mol. The minimum atomic E-state index is -0.551. The van der Waals surface area contributed by atoms with Crippen molar-refractivity contribution in [2.24, 2.45) is 0 Å². The first-order chi connectivity index (χ1) is 11.1. The molecular formula is C17H16BrNO4. The van der Waals surface area contributed by atoms with Crippen LogP contribution >= 0.6 is 15.9 Å². The number of hydrogen-bond donors (Lipinski definition) is 1. The summed E-state index contributed by atoms with van der Waals surface area (Å²) in [6.45, 7) is 0.0528. The van der Waals surface area contributed by atoms with Gasteiger partial charge in [0.15, 0.2) is 6.61 Å². The van der Waals surface area contributed by atoms with Crippen LogP contribution in [-0.2, 0) is 16.1 Å². The first-order valence-corrected chi connectivity index (χ1v) is 7.70. The van der Waals surface area contributed by atoms with E-state index < -0.39 is 5.97 Å². The largest absolute Gasteiger partial charge is 0.497 e. The lowest BCUT2D eigenvalue weighted by Gasteiger charge is -2.07. The quantitative estimate of drug-likeness (QED) is 0.786. The molecule has 2 aromatic rings. The zero-order valence-electron chi connectivity index (χ0n) is 12.5. The molecule has 0 saturated heterocycles. The Morgan fingerprint density at radius 2 is 1.87 bits per heavy atom. The number of benzene rings is 2. The maximum Gasteiger partial charge on any atom is 0.338 e. The highest BCUT2D eigenvalue weighted by Gasteiger charge is 2.10. The lowest BCUT2D eigenvalue weighted by Crippen LogP contribution is -2.28. The van der Waals surface area contributed by atoms with Crippen LogP contribution in [0, 0.1) is 0 Å². The van der Waals surface area contributed by atoms with Crippen molar-refractivity contribution in [3.05, 3.63) is 64.1 Å². The molecule has 0 aliphatic rings. The minimum absolute atomic E-state index is 0.321. The van der Waals surface area contributed by atoms with Gasteiger partial charge in [-0.15, -0.1) is 0 Å². The molecule has 23 heavy (non-hydrogen) atoms. The van der Waals surface area contributed by atoms with Crippen LogP contribution in [0.4, 0.5) is 0 Å². The van der Waals surface area contributed by atoms with Crippen molar-refractivity contribution in [3.8, 4) is 5.75 Å². The Balaban J connectivity index is 1.78. The molecule has 6 heteroatoms. The van der Waals surface area contributed by atoms with Crippen molar-refractivity contribution in [2.75, 3.05) is 13.7 Å². The number of nitrogens with one attached hydrogen (secondary N) is 1. The maximum atomic E-state index is 11.8. The highest BCUT2D eigenvalue weighted by atomic mass is 79.9. The van der Waals surface area contributed by atoms with Crippen molar-refractivity contribution in [1.29, 1.82) is 0 Å². The van der Waals surface area contributed by atoms with Crippen LogP contribution in [0.3, 0.4) is 0 Å². The molecule has 0 unspecified atom stereocenters. The van der Waals surface area contributed by atoms with Gasteiger partial charge >= 0.3 is 5.97 Å². The second-order valence-electron chi connectivity index (χ2n) is 4.71. The van der Waals surface area contributed by atoms with E-state index in [0.717, 1.165) is 10.0 Å². The third-order valence-electron chi connectivity index (χ3n) is 3.04. The summed E-state index contributed by atoms with van der Waals surface area (Å²) in [6.07, 6.45) is 0. The van der Waals surface area contributed by atoms with E-state index >= 15 is 0 Å². The summed E-state index contributed by atoms with van der Waals surface area (Å²) in [5.41, 5.74) is 1.32. The molecular weight excluding hydrogens is 362 g/mol. The lowest BCUT2D eigenvalue weighted by molar-refractivity contribution is -0.124. The fraction of sp³-hybridized carbons (Fsp3) is 0.176. The third-order valence-corrected chi connectivity index (χ3v) is 3.53. The fourth-order valence-corrected chi connectivity index (χ4v) is 2.29. The summed E-state index contributed by atoms with van der Waals surface area (Å²) in [5, 5.41) is 2.69. The summed E-state index contributed by atoms with van der Waals surface area (Å²) >= 11 is 3.36. The molecule has 1 amide bonds. The van der Waals surface area contributed by atoms with E-state index in [0.29, 0.717) is 17.9 Å². The predicted molar refractivity (Wildman–Crippen MR) is 89.3 cm³/mol. The highest BCUT2D eigenvalue weighted by Crippen LogP contribution is 2.12. The molecule has 0 aliphatic carbocycles. The van der Waals surface area contributed by atoms with Gasteiger partial charge < -0.3 is 14.8 Å². The number of carbonyl (C=O) groups excluding carboxylic acids is 2. The Morgan fingerprint density at radius 1 is 1.13 bits per heavy atom. The Bertz CT molecular complexity index is 685. The van der Waals surface area contributed by atoms with E-state index in [4.69, 9.17) is 9.47 Å². The van der Waals surface area contributed by atoms with Crippen LogP contribution in [0.5, 0.6) is 5.75 Å². The molecule has 0 radical (unpaired) electrons. The molecule has 0 saturated carbocycles. The Labute approximate surface area is 142 Å². The standard InChI is InChI=1S/C17H16BrNO4/c1-22-15-7-5-13(6-8-15)17(21)23-11-16(20)19-10-12-3-2-4-14(18)9-12/h2-9H,10-11H2,1H3,(H,19,20). The zero-order chi connectivity index (χ0) is 16.7. The van der Waals surface area contributed by atoms with Crippen molar-refractivity contribution < 1.29 is 19.1 Å². The predicted octanol–water partition coefficient (Wildman–Crippen LogP) is 2.93. The fourth-order valence-electron chi connectivity index (χ4n) is 1.84. The zero-order valence-corrected chi connectivity index (χ0v) is 14.1. The van der Waals surface area contributed by atoms with Crippen molar-refractivity contribution in [1.82, 2.24) is 5.32 Å². The summed E-state index contributed by atoms with van der Waals surface area (Å²) in [7, 11) is 1.54. The van der Waals surface area contributed by atoms with Gasteiger partial charge in [0.2, 0.25) is 0 Å². The normalized spacial score (nSPS) is 10.0. The van der Waals surface area contributed by atoms with E-state index in [9.17, 15) is 9.59 Å². The molecule has 120 valence electrons. The molecule has 0 atom stereocenters. The summed E-state index contributed by atoms with van der Waals surface area (Å²) in [5.74, 6) is -0.259. The average Bonchev–Trinajstić information content (AvgIpc) is 2.58. The van der Waals surface area contributed by atoms with Crippen LogP contribution in [0.2, 0.25) is 0 Å². The van der Waals surface area contributed by atoms with Gasteiger partial charge in [-0.05, 0) is 42.0 Å². The van der Waals surface area contributed by atoms with Gasteiger partial charge in [0, 0.05) is 11.0 Å². The van der Waals surface area contributed by atoms with Gasteiger partial charge in [0.05, 0.1) is 12.7 Å². The highest BCUT2D eigenvalue weighted by molar-refractivity contribution is 9.10. The summed E-state index contributed by atoms with van der Waals surface area (Å²) in [6, 6.07) is 14.1. The van der Waals surface area contributed by atoms with Crippen molar-refractivity contribution >= 4 is 27.8 Å². The molecule has 5 nitrogen and oxygen atoms in total. The smallest absolute Gasteiger partial charge is 0.338 e. The van der Waals surface area contributed by atoms with Crippen LogP contribution in [0.25, 0.3) is 0 Å². The van der Waals surface area contributed by atoms with E-state index in [1.54, 1.807) is 31.4 Å². The van der Waals surface area contributed by atoms with Crippen molar-refractivity contribution in [3.63, 3.8) is 0 Å². The molecule has 0 aliphatic heterocycles. The minimum Gasteiger partial charge on any atom is -0.497 e. The number of esters is 1. The Morgan fingerprint density at radius 3 is 2.52 bits per heavy atom.